The molecule has 1 aromatic carbocycles. The first-order valence-electron chi connectivity index (χ1n) is 6.66. The number of ether oxygens (including phenoxy) is 1. The van der Waals surface area contributed by atoms with Crippen molar-refractivity contribution in [3.05, 3.63) is 29.8 Å². The van der Waals surface area contributed by atoms with Crippen LogP contribution in [0.5, 0.6) is 0 Å². The summed E-state index contributed by atoms with van der Waals surface area (Å²) in [6.07, 6.45) is 1.02. The van der Waals surface area contributed by atoms with Crippen molar-refractivity contribution in [2.75, 3.05) is 25.5 Å². The van der Waals surface area contributed by atoms with E-state index in [-0.39, 0.29) is 11.5 Å². The van der Waals surface area contributed by atoms with Gasteiger partial charge in [0, 0.05) is 25.9 Å². The van der Waals surface area contributed by atoms with Crippen molar-refractivity contribution in [2.45, 2.75) is 32.8 Å². The maximum absolute atomic E-state index is 12.2. The predicted octanol–water partition coefficient (Wildman–Crippen LogP) is 2.66. The number of para-hydroxylation sites is 1. The fourth-order valence-electron chi connectivity index (χ4n) is 1.56. The molecule has 0 radical (unpaired) electrons. The van der Waals surface area contributed by atoms with Gasteiger partial charge < -0.3 is 15.4 Å². The van der Waals surface area contributed by atoms with E-state index in [0.29, 0.717) is 12.1 Å². The van der Waals surface area contributed by atoms with Gasteiger partial charge in [0.2, 0.25) is 0 Å². The Bertz CT molecular complexity index is 416. The molecule has 1 aromatic rings. The summed E-state index contributed by atoms with van der Waals surface area (Å²) < 4.78 is 5.29. The number of carbonyl (C=O) groups excluding carboxylic acids is 1. The molecule has 0 unspecified atom stereocenters. The molecule has 0 heterocycles. The van der Waals surface area contributed by atoms with Crippen molar-refractivity contribution < 1.29 is 9.53 Å². The highest BCUT2D eigenvalue weighted by atomic mass is 16.5. The standard InChI is InChI=1S/C15H24N2O2/c1-5-10-16-13-9-7-6-8-12(13)14(18)17-11-15(2,3)19-4/h6-9,16H,5,10-11H2,1-4H3,(H,17,18). The van der Waals surface area contributed by atoms with Gasteiger partial charge in [0.25, 0.3) is 5.91 Å². The van der Waals surface area contributed by atoms with Crippen molar-refractivity contribution in [3.8, 4) is 0 Å². The van der Waals surface area contributed by atoms with Crippen LogP contribution in [0, 0.1) is 0 Å². The quantitative estimate of drug-likeness (QED) is 0.796. The molecule has 106 valence electrons. The van der Waals surface area contributed by atoms with E-state index in [1.807, 2.05) is 38.1 Å². The zero-order chi connectivity index (χ0) is 14.3. The highest BCUT2D eigenvalue weighted by Crippen LogP contribution is 2.15. The second-order valence-corrected chi connectivity index (χ2v) is 5.12. The maximum atomic E-state index is 12.2. The summed E-state index contributed by atoms with van der Waals surface area (Å²) in [6, 6.07) is 7.54. The number of methoxy groups -OCH3 is 1. The summed E-state index contributed by atoms with van der Waals surface area (Å²) in [5, 5.41) is 6.17. The summed E-state index contributed by atoms with van der Waals surface area (Å²) >= 11 is 0. The number of anilines is 1. The minimum Gasteiger partial charge on any atom is -0.384 e. The van der Waals surface area contributed by atoms with E-state index in [4.69, 9.17) is 4.74 Å². The van der Waals surface area contributed by atoms with Gasteiger partial charge in [0.05, 0.1) is 11.2 Å². The van der Waals surface area contributed by atoms with E-state index < -0.39 is 0 Å². The lowest BCUT2D eigenvalue weighted by atomic mass is 10.1. The highest BCUT2D eigenvalue weighted by molar-refractivity contribution is 5.99. The van der Waals surface area contributed by atoms with Gasteiger partial charge in [-0.25, -0.2) is 0 Å². The Balaban J connectivity index is 2.71. The Labute approximate surface area is 115 Å². The van der Waals surface area contributed by atoms with Crippen LogP contribution < -0.4 is 10.6 Å². The van der Waals surface area contributed by atoms with E-state index in [1.165, 1.54) is 0 Å². The molecule has 1 rings (SSSR count). The average molecular weight is 264 g/mol. The van der Waals surface area contributed by atoms with E-state index >= 15 is 0 Å². The van der Waals surface area contributed by atoms with Gasteiger partial charge in [-0.1, -0.05) is 19.1 Å². The number of nitrogens with one attached hydrogen (secondary N) is 2. The molecule has 4 nitrogen and oxygen atoms in total. The lowest BCUT2D eigenvalue weighted by Gasteiger charge is -2.23. The third-order valence-electron chi connectivity index (χ3n) is 2.96. The molecule has 19 heavy (non-hydrogen) atoms. The molecule has 0 atom stereocenters. The monoisotopic (exact) mass is 264 g/mol. The summed E-state index contributed by atoms with van der Waals surface area (Å²) in [5.41, 5.74) is 1.18. The second kappa shape index (κ2) is 7.14. The maximum Gasteiger partial charge on any atom is 0.253 e. The van der Waals surface area contributed by atoms with Crippen LogP contribution in [-0.2, 0) is 4.74 Å². The number of hydrogen-bond acceptors (Lipinski definition) is 3. The molecule has 4 heteroatoms. The summed E-state index contributed by atoms with van der Waals surface area (Å²) in [7, 11) is 1.64. The Morgan fingerprint density at radius 3 is 2.63 bits per heavy atom. The molecular weight excluding hydrogens is 240 g/mol. The fraction of sp³-hybridized carbons (Fsp3) is 0.533. The van der Waals surface area contributed by atoms with Crippen LogP contribution in [0.15, 0.2) is 24.3 Å². The van der Waals surface area contributed by atoms with Crippen LogP contribution >= 0.6 is 0 Å². The molecule has 1 amide bonds. The zero-order valence-electron chi connectivity index (χ0n) is 12.2. The Morgan fingerprint density at radius 2 is 2.00 bits per heavy atom. The first-order chi connectivity index (χ1) is 9.00. The lowest BCUT2D eigenvalue weighted by molar-refractivity contribution is 0.0229. The third kappa shape index (κ3) is 4.91. The Kier molecular flexibility index (Phi) is 5.83. The molecule has 0 aliphatic heterocycles. The molecule has 0 saturated carbocycles. The van der Waals surface area contributed by atoms with Gasteiger partial charge in [0.1, 0.15) is 0 Å². The van der Waals surface area contributed by atoms with Gasteiger partial charge in [-0.3, -0.25) is 4.79 Å². The van der Waals surface area contributed by atoms with Crippen molar-refractivity contribution >= 4 is 11.6 Å². The second-order valence-electron chi connectivity index (χ2n) is 5.12. The van der Waals surface area contributed by atoms with Crippen LogP contribution in [-0.4, -0.2) is 31.7 Å². The van der Waals surface area contributed by atoms with Crippen molar-refractivity contribution in [2.24, 2.45) is 0 Å². The van der Waals surface area contributed by atoms with E-state index in [0.717, 1.165) is 18.7 Å². The minimum absolute atomic E-state index is 0.0793. The largest absolute Gasteiger partial charge is 0.384 e. The number of benzene rings is 1. The molecule has 0 fully saturated rings. The third-order valence-corrected chi connectivity index (χ3v) is 2.96. The Hall–Kier alpha value is -1.55. The topological polar surface area (TPSA) is 50.4 Å². The van der Waals surface area contributed by atoms with Gasteiger partial charge in [-0.2, -0.15) is 0 Å². The van der Waals surface area contributed by atoms with Gasteiger partial charge in [0.15, 0.2) is 0 Å². The normalized spacial score (nSPS) is 11.2. The highest BCUT2D eigenvalue weighted by Gasteiger charge is 2.18. The van der Waals surface area contributed by atoms with Crippen LogP contribution in [0.1, 0.15) is 37.6 Å². The van der Waals surface area contributed by atoms with Crippen LogP contribution in [0.3, 0.4) is 0 Å². The first kappa shape index (κ1) is 15.5. The van der Waals surface area contributed by atoms with Crippen molar-refractivity contribution in [1.29, 1.82) is 0 Å². The zero-order valence-corrected chi connectivity index (χ0v) is 12.2. The molecule has 0 aliphatic carbocycles. The molecule has 0 saturated heterocycles. The van der Waals surface area contributed by atoms with E-state index in [2.05, 4.69) is 17.6 Å². The van der Waals surface area contributed by atoms with E-state index in [9.17, 15) is 4.79 Å². The van der Waals surface area contributed by atoms with Crippen LogP contribution in [0.25, 0.3) is 0 Å². The predicted molar refractivity (Wildman–Crippen MR) is 78.6 cm³/mol. The summed E-state index contributed by atoms with van der Waals surface area (Å²) in [6.45, 7) is 7.30. The van der Waals surface area contributed by atoms with Crippen molar-refractivity contribution in [1.82, 2.24) is 5.32 Å². The number of amides is 1. The number of rotatable bonds is 7. The smallest absolute Gasteiger partial charge is 0.253 e. The van der Waals surface area contributed by atoms with Crippen LogP contribution in [0.4, 0.5) is 5.69 Å². The molecule has 2 N–H and O–H groups in total. The summed E-state index contributed by atoms with van der Waals surface area (Å²) in [4.78, 5) is 12.2. The van der Waals surface area contributed by atoms with Crippen molar-refractivity contribution in [3.63, 3.8) is 0 Å². The van der Waals surface area contributed by atoms with Gasteiger partial charge >= 0.3 is 0 Å². The minimum atomic E-state index is -0.360. The molecule has 0 spiro atoms. The Morgan fingerprint density at radius 1 is 1.32 bits per heavy atom. The molecule has 0 bridgehead atoms. The number of carbonyl (C=O) groups is 1. The van der Waals surface area contributed by atoms with E-state index in [1.54, 1.807) is 7.11 Å². The van der Waals surface area contributed by atoms with Crippen LogP contribution in [0.2, 0.25) is 0 Å². The SMILES string of the molecule is CCCNc1ccccc1C(=O)NCC(C)(C)OC. The molecular formula is C15H24N2O2. The molecule has 0 aromatic heterocycles. The van der Waals surface area contributed by atoms with Gasteiger partial charge in [-0.05, 0) is 32.4 Å². The lowest BCUT2D eigenvalue weighted by Crippen LogP contribution is -2.39. The number of hydrogen-bond donors (Lipinski definition) is 2. The average Bonchev–Trinajstić information content (AvgIpc) is 2.43. The fourth-order valence-corrected chi connectivity index (χ4v) is 1.56. The van der Waals surface area contributed by atoms with Gasteiger partial charge in [-0.15, -0.1) is 0 Å². The summed E-state index contributed by atoms with van der Waals surface area (Å²) in [5.74, 6) is -0.0793. The molecule has 0 aliphatic rings. The first-order valence-corrected chi connectivity index (χ1v) is 6.66.